The van der Waals surface area contributed by atoms with E-state index >= 15 is 0 Å². The van der Waals surface area contributed by atoms with E-state index < -0.39 is 0 Å². The van der Waals surface area contributed by atoms with Crippen LogP contribution in [0, 0.1) is 0 Å². The quantitative estimate of drug-likeness (QED) is 0.717. The summed E-state index contributed by atoms with van der Waals surface area (Å²) in [6, 6.07) is 13.7. The Hall–Kier alpha value is -1.78. The number of hydrogen-bond acceptors (Lipinski definition) is 2. The van der Waals surface area contributed by atoms with Gasteiger partial charge in [-0.05, 0) is 37.7 Å². The van der Waals surface area contributed by atoms with Gasteiger partial charge in [-0.25, -0.2) is 0 Å². The second-order valence-electron chi connectivity index (χ2n) is 4.36. The van der Waals surface area contributed by atoms with Crippen molar-refractivity contribution in [3.63, 3.8) is 0 Å². The maximum Gasteiger partial charge on any atom is 0.267 e. The first-order chi connectivity index (χ1) is 9.31. The fraction of sp³-hybridized carbons (Fsp3) is 0.267. The predicted octanol–water partition coefficient (Wildman–Crippen LogP) is 2.44. The van der Waals surface area contributed by atoms with Gasteiger partial charge in [-0.3, -0.25) is 4.79 Å². The molecule has 1 heterocycles. The van der Waals surface area contributed by atoms with Gasteiger partial charge >= 0.3 is 0 Å². The highest BCUT2D eigenvalue weighted by atomic mass is 35.5. The van der Waals surface area contributed by atoms with E-state index in [-0.39, 0.29) is 18.3 Å². The molecule has 0 atom stereocenters. The summed E-state index contributed by atoms with van der Waals surface area (Å²) in [5, 5.41) is 5.94. The lowest BCUT2D eigenvalue weighted by molar-refractivity contribution is 0.0949. The highest BCUT2D eigenvalue weighted by molar-refractivity contribution is 5.93. The zero-order valence-corrected chi connectivity index (χ0v) is 12.3. The molecule has 0 saturated carbocycles. The van der Waals surface area contributed by atoms with Crippen LogP contribution in [0.25, 0.3) is 11.3 Å². The number of carbonyl (C=O) groups is 1. The van der Waals surface area contributed by atoms with Gasteiger partial charge in [0.2, 0.25) is 0 Å². The monoisotopic (exact) mass is 293 g/mol. The van der Waals surface area contributed by atoms with E-state index in [9.17, 15) is 4.79 Å². The number of H-pyrrole nitrogens is 1. The molecular weight excluding hydrogens is 274 g/mol. The molecule has 0 radical (unpaired) electrons. The van der Waals surface area contributed by atoms with Gasteiger partial charge in [0.1, 0.15) is 5.69 Å². The lowest BCUT2D eigenvalue weighted by atomic mass is 10.2. The van der Waals surface area contributed by atoms with E-state index in [1.54, 1.807) is 0 Å². The predicted molar refractivity (Wildman–Crippen MR) is 84.4 cm³/mol. The van der Waals surface area contributed by atoms with Crippen LogP contribution in [0.15, 0.2) is 42.5 Å². The number of nitrogens with one attached hydrogen (secondary N) is 3. The molecule has 0 bridgehead atoms. The van der Waals surface area contributed by atoms with Crippen LogP contribution < -0.4 is 10.6 Å². The molecule has 4 nitrogen and oxygen atoms in total. The molecule has 5 heteroatoms. The van der Waals surface area contributed by atoms with Crippen LogP contribution in [0.5, 0.6) is 0 Å². The molecule has 0 fully saturated rings. The maximum atomic E-state index is 11.9. The van der Waals surface area contributed by atoms with Gasteiger partial charge in [0.25, 0.3) is 5.91 Å². The third kappa shape index (κ3) is 4.40. The lowest BCUT2D eigenvalue weighted by Gasteiger charge is -2.03. The Morgan fingerprint density at radius 2 is 1.85 bits per heavy atom. The number of carbonyl (C=O) groups excluding carboxylic acids is 1. The largest absolute Gasteiger partial charge is 0.351 e. The Bertz CT molecular complexity index is 525. The highest BCUT2D eigenvalue weighted by Crippen LogP contribution is 2.17. The molecule has 0 aliphatic heterocycles. The standard InChI is InChI=1S/C15H19N3O.ClH/c1-16-10-5-11-17-15(19)14-9-8-13(18-14)12-6-3-2-4-7-12;/h2-4,6-9,16,18H,5,10-11H2,1H3,(H,17,19);1H. The fourth-order valence-corrected chi connectivity index (χ4v) is 1.88. The van der Waals surface area contributed by atoms with Crippen molar-refractivity contribution in [3.05, 3.63) is 48.2 Å². The maximum absolute atomic E-state index is 11.9. The first-order valence-electron chi connectivity index (χ1n) is 6.48. The van der Waals surface area contributed by atoms with Gasteiger partial charge in [-0.1, -0.05) is 30.3 Å². The fourth-order valence-electron chi connectivity index (χ4n) is 1.88. The highest BCUT2D eigenvalue weighted by Gasteiger charge is 2.08. The number of rotatable bonds is 6. The Labute approximate surface area is 125 Å². The Morgan fingerprint density at radius 3 is 2.55 bits per heavy atom. The second kappa shape index (κ2) is 8.40. The Balaban J connectivity index is 0.00000200. The van der Waals surface area contributed by atoms with Crippen molar-refractivity contribution in [2.24, 2.45) is 0 Å². The first-order valence-corrected chi connectivity index (χ1v) is 6.48. The molecule has 2 rings (SSSR count). The molecule has 2 aromatic rings. The minimum atomic E-state index is -0.0571. The van der Waals surface area contributed by atoms with E-state index in [2.05, 4.69) is 15.6 Å². The number of aromatic amines is 1. The van der Waals surface area contributed by atoms with Crippen molar-refractivity contribution in [1.82, 2.24) is 15.6 Å². The zero-order valence-electron chi connectivity index (χ0n) is 11.5. The molecule has 108 valence electrons. The summed E-state index contributed by atoms with van der Waals surface area (Å²) in [5.41, 5.74) is 2.64. The van der Waals surface area contributed by atoms with E-state index in [1.807, 2.05) is 49.5 Å². The molecule has 1 amide bonds. The summed E-state index contributed by atoms with van der Waals surface area (Å²) in [6.45, 7) is 1.58. The number of benzene rings is 1. The lowest BCUT2D eigenvalue weighted by Crippen LogP contribution is -2.26. The summed E-state index contributed by atoms with van der Waals surface area (Å²) in [4.78, 5) is 15.0. The molecular formula is C15H20ClN3O. The van der Waals surface area contributed by atoms with Gasteiger partial charge in [-0.15, -0.1) is 12.4 Å². The van der Waals surface area contributed by atoms with Crippen LogP contribution in [0.2, 0.25) is 0 Å². The minimum absolute atomic E-state index is 0. The third-order valence-electron chi connectivity index (χ3n) is 2.90. The van der Waals surface area contributed by atoms with Crippen molar-refractivity contribution in [2.75, 3.05) is 20.1 Å². The summed E-state index contributed by atoms with van der Waals surface area (Å²) < 4.78 is 0. The molecule has 0 spiro atoms. The third-order valence-corrected chi connectivity index (χ3v) is 2.90. The SMILES string of the molecule is CNCCCNC(=O)c1ccc(-c2ccccc2)[nH]1.Cl. The van der Waals surface area contributed by atoms with Crippen molar-refractivity contribution >= 4 is 18.3 Å². The number of hydrogen-bond donors (Lipinski definition) is 3. The molecule has 1 aromatic heterocycles. The van der Waals surface area contributed by atoms with Crippen molar-refractivity contribution in [3.8, 4) is 11.3 Å². The summed E-state index contributed by atoms with van der Waals surface area (Å²) >= 11 is 0. The Kier molecular flexibility index (Phi) is 6.84. The van der Waals surface area contributed by atoms with Gasteiger partial charge in [0.15, 0.2) is 0 Å². The summed E-state index contributed by atoms with van der Waals surface area (Å²) in [7, 11) is 1.90. The second-order valence-corrected chi connectivity index (χ2v) is 4.36. The van der Waals surface area contributed by atoms with Crippen molar-refractivity contribution in [1.29, 1.82) is 0 Å². The van der Waals surface area contributed by atoms with Crippen LogP contribution in [0.4, 0.5) is 0 Å². The van der Waals surface area contributed by atoms with Gasteiger partial charge in [0, 0.05) is 12.2 Å². The normalized spacial score (nSPS) is 9.85. The molecule has 0 aliphatic carbocycles. The summed E-state index contributed by atoms with van der Waals surface area (Å²) in [6.07, 6.45) is 0.925. The van der Waals surface area contributed by atoms with Crippen LogP contribution in [-0.2, 0) is 0 Å². The number of halogens is 1. The van der Waals surface area contributed by atoms with E-state index in [1.165, 1.54) is 0 Å². The molecule has 0 aliphatic rings. The van der Waals surface area contributed by atoms with Crippen molar-refractivity contribution in [2.45, 2.75) is 6.42 Å². The molecule has 3 N–H and O–H groups in total. The smallest absolute Gasteiger partial charge is 0.267 e. The van der Waals surface area contributed by atoms with Crippen LogP contribution in [-0.4, -0.2) is 31.0 Å². The van der Waals surface area contributed by atoms with Gasteiger partial charge in [0.05, 0.1) is 0 Å². The zero-order chi connectivity index (χ0) is 13.5. The molecule has 1 aromatic carbocycles. The minimum Gasteiger partial charge on any atom is -0.351 e. The molecule has 20 heavy (non-hydrogen) atoms. The van der Waals surface area contributed by atoms with Crippen LogP contribution >= 0.6 is 12.4 Å². The average molecular weight is 294 g/mol. The van der Waals surface area contributed by atoms with E-state index in [0.29, 0.717) is 12.2 Å². The van der Waals surface area contributed by atoms with Crippen LogP contribution in [0.3, 0.4) is 0 Å². The summed E-state index contributed by atoms with van der Waals surface area (Å²) in [5.74, 6) is -0.0571. The van der Waals surface area contributed by atoms with Crippen molar-refractivity contribution < 1.29 is 4.79 Å². The van der Waals surface area contributed by atoms with E-state index in [0.717, 1.165) is 24.2 Å². The average Bonchev–Trinajstić information content (AvgIpc) is 2.94. The van der Waals surface area contributed by atoms with Gasteiger partial charge < -0.3 is 15.6 Å². The van der Waals surface area contributed by atoms with E-state index in [4.69, 9.17) is 0 Å². The number of aromatic nitrogens is 1. The molecule has 0 saturated heterocycles. The van der Waals surface area contributed by atoms with Gasteiger partial charge in [-0.2, -0.15) is 0 Å². The van der Waals surface area contributed by atoms with Crippen LogP contribution in [0.1, 0.15) is 16.9 Å². The molecule has 0 unspecified atom stereocenters. The Morgan fingerprint density at radius 1 is 1.10 bits per heavy atom. The first kappa shape index (κ1) is 16.3. The topological polar surface area (TPSA) is 56.9 Å². The number of amides is 1.